The van der Waals surface area contributed by atoms with E-state index in [0.717, 1.165) is 42.8 Å². The third-order valence-electron chi connectivity index (χ3n) is 3.84. The minimum Gasteiger partial charge on any atom is -0.477 e. The Morgan fingerprint density at radius 1 is 1.33 bits per heavy atom. The second-order valence-electron chi connectivity index (χ2n) is 5.97. The van der Waals surface area contributed by atoms with Gasteiger partial charge in [0, 0.05) is 19.6 Å². The highest BCUT2D eigenvalue weighted by molar-refractivity contribution is 5.97. The van der Waals surface area contributed by atoms with Gasteiger partial charge in [0.15, 0.2) is 0 Å². The number of nitrogens with zero attached hydrogens (tertiary/aromatic N) is 4. The van der Waals surface area contributed by atoms with Crippen LogP contribution in [0.4, 0.5) is 5.82 Å². The summed E-state index contributed by atoms with van der Waals surface area (Å²) < 4.78 is 1.80. The van der Waals surface area contributed by atoms with E-state index in [2.05, 4.69) is 28.7 Å². The zero-order valence-corrected chi connectivity index (χ0v) is 12.4. The van der Waals surface area contributed by atoms with Crippen LogP contribution in [0, 0.1) is 5.92 Å². The van der Waals surface area contributed by atoms with Gasteiger partial charge in [-0.2, -0.15) is 0 Å². The van der Waals surface area contributed by atoms with Crippen molar-refractivity contribution in [2.45, 2.75) is 33.2 Å². The molecule has 0 bridgehead atoms. The highest BCUT2D eigenvalue weighted by Crippen LogP contribution is 2.29. The number of aromatic carboxylic acids is 1. The average Bonchev–Trinajstić information content (AvgIpc) is 3.06. The summed E-state index contributed by atoms with van der Waals surface area (Å²) >= 11 is 0. The maximum atomic E-state index is 11.5. The fourth-order valence-corrected chi connectivity index (χ4v) is 2.96. The predicted octanol–water partition coefficient (Wildman–Crippen LogP) is 2.39. The monoisotopic (exact) mass is 288 g/mol. The van der Waals surface area contributed by atoms with Gasteiger partial charge in [0.25, 0.3) is 0 Å². The van der Waals surface area contributed by atoms with Gasteiger partial charge in [-0.15, -0.1) is 0 Å². The first-order valence-corrected chi connectivity index (χ1v) is 7.40. The lowest BCUT2D eigenvalue weighted by Gasteiger charge is -2.17. The van der Waals surface area contributed by atoms with E-state index in [4.69, 9.17) is 0 Å². The Morgan fingerprint density at radius 3 is 2.67 bits per heavy atom. The van der Waals surface area contributed by atoms with E-state index in [-0.39, 0.29) is 0 Å². The van der Waals surface area contributed by atoms with Gasteiger partial charge < -0.3 is 14.6 Å². The Labute approximate surface area is 123 Å². The summed E-state index contributed by atoms with van der Waals surface area (Å²) in [7, 11) is 0. The zero-order valence-electron chi connectivity index (χ0n) is 12.4. The molecule has 112 valence electrons. The minimum absolute atomic E-state index is 0.291. The van der Waals surface area contributed by atoms with Gasteiger partial charge in [-0.05, 0) is 24.8 Å². The third kappa shape index (κ3) is 2.46. The number of carboxylic acid groups (broad SMARTS) is 1. The van der Waals surface area contributed by atoms with Crippen LogP contribution >= 0.6 is 0 Å². The van der Waals surface area contributed by atoms with E-state index in [0.29, 0.717) is 18.2 Å². The van der Waals surface area contributed by atoms with Gasteiger partial charge >= 0.3 is 5.97 Å². The highest BCUT2D eigenvalue weighted by atomic mass is 16.4. The molecule has 21 heavy (non-hydrogen) atoms. The largest absolute Gasteiger partial charge is 0.477 e. The maximum Gasteiger partial charge on any atom is 0.352 e. The standard InChI is InChI=1S/C15H20N4O2/c1-10(2)8-19-12(15(20)21)7-11-13(16-9-17-14(11)19)18-5-3-4-6-18/h7,9-10H,3-6,8H2,1-2H3,(H,20,21). The first-order chi connectivity index (χ1) is 10.1. The Hall–Kier alpha value is -2.11. The number of hydrogen-bond acceptors (Lipinski definition) is 4. The van der Waals surface area contributed by atoms with Crippen LogP contribution < -0.4 is 4.90 Å². The molecule has 0 aliphatic carbocycles. The van der Waals surface area contributed by atoms with E-state index < -0.39 is 5.97 Å². The molecule has 1 fully saturated rings. The molecule has 0 aromatic carbocycles. The molecule has 3 heterocycles. The van der Waals surface area contributed by atoms with Gasteiger partial charge in [-0.25, -0.2) is 14.8 Å². The Kier molecular flexibility index (Phi) is 3.53. The Balaban J connectivity index is 2.17. The zero-order chi connectivity index (χ0) is 15.0. The fraction of sp³-hybridized carbons (Fsp3) is 0.533. The smallest absolute Gasteiger partial charge is 0.352 e. The van der Waals surface area contributed by atoms with Gasteiger partial charge in [-0.1, -0.05) is 13.8 Å². The van der Waals surface area contributed by atoms with Crippen LogP contribution in [0.2, 0.25) is 0 Å². The molecule has 2 aromatic rings. The number of carbonyl (C=O) groups is 1. The van der Waals surface area contributed by atoms with E-state index in [1.165, 1.54) is 0 Å². The number of carboxylic acids is 1. The lowest BCUT2D eigenvalue weighted by atomic mass is 10.2. The summed E-state index contributed by atoms with van der Waals surface area (Å²) in [5.41, 5.74) is 1.01. The summed E-state index contributed by atoms with van der Waals surface area (Å²) in [6.07, 6.45) is 3.85. The molecule has 0 amide bonds. The van der Waals surface area contributed by atoms with Gasteiger partial charge in [0.1, 0.15) is 23.5 Å². The van der Waals surface area contributed by atoms with Gasteiger partial charge in [0.05, 0.1) is 5.39 Å². The van der Waals surface area contributed by atoms with Crippen LogP contribution in [-0.4, -0.2) is 38.7 Å². The maximum absolute atomic E-state index is 11.5. The van der Waals surface area contributed by atoms with Crippen molar-refractivity contribution in [3.05, 3.63) is 18.1 Å². The van der Waals surface area contributed by atoms with Crippen molar-refractivity contribution in [2.24, 2.45) is 5.92 Å². The van der Waals surface area contributed by atoms with Gasteiger partial charge in [-0.3, -0.25) is 0 Å². The molecular weight excluding hydrogens is 268 g/mol. The fourth-order valence-electron chi connectivity index (χ4n) is 2.96. The molecule has 1 aliphatic rings. The van der Waals surface area contributed by atoms with Crippen molar-refractivity contribution in [1.29, 1.82) is 0 Å². The number of hydrogen-bond donors (Lipinski definition) is 1. The molecule has 0 atom stereocenters. The average molecular weight is 288 g/mol. The van der Waals surface area contributed by atoms with Crippen molar-refractivity contribution >= 4 is 22.8 Å². The molecule has 0 saturated carbocycles. The van der Waals surface area contributed by atoms with Crippen LogP contribution in [0.5, 0.6) is 0 Å². The van der Waals surface area contributed by atoms with Crippen LogP contribution in [-0.2, 0) is 6.54 Å². The molecule has 6 nitrogen and oxygen atoms in total. The Morgan fingerprint density at radius 2 is 2.05 bits per heavy atom. The Bertz CT molecular complexity index is 672. The van der Waals surface area contributed by atoms with E-state index >= 15 is 0 Å². The van der Waals surface area contributed by atoms with Crippen molar-refractivity contribution in [1.82, 2.24) is 14.5 Å². The third-order valence-corrected chi connectivity index (χ3v) is 3.84. The van der Waals surface area contributed by atoms with E-state index in [1.54, 1.807) is 17.0 Å². The first-order valence-electron chi connectivity index (χ1n) is 7.40. The lowest BCUT2D eigenvalue weighted by Crippen LogP contribution is -2.19. The molecule has 0 radical (unpaired) electrons. The van der Waals surface area contributed by atoms with Crippen molar-refractivity contribution < 1.29 is 9.90 Å². The van der Waals surface area contributed by atoms with Crippen LogP contribution in [0.1, 0.15) is 37.2 Å². The first kappa shape index (κ1) is 13.9. The van der Waals surface area contributed by atoms with E-state index in [9.17, 15) is 9.90 Å². The number of anilines is 1. The molecule has 2 aromatic heterocycles. The minimum atomic E-state index is -0.916. The van der Waals surface area contributed by atoms with Crippen LogP contribution in [0.25, 0.3) is 11.0 Å². The summed E-state index contributed by atoms with van der Waals surface area (Å²) in [6, 6.07) is 1.72. The van der Waals surface area contributed by atoms with Crippen molar-refractivity contribution in [2.75, 3.05) is 18.0 Å². The molecule has 1 N–H and O–H groups in total. The van der Waals surface area contributed by atoms with Crippen molar-refractivity contribution in [3.8, 4) is 0 Å². The molecule has 0 unspecified atom stereocenters. The molecule has 3 rings (SSSR count). The summed E-state index contributed by atoms with van der Waals surface area (Å²) in [4.78, 5) is 22.5. The number of fused-ring (bicyclic) bond motifs is 1. The second kappa shape index (κ2) is 5.35. The van der Waals surface area contributed by atoms with Crippen LogP contribution in [0.3, 0.4) is 0 Å². The topological polar surface area (TPSA) is 71.2 Å². The van der Waals surface area contributed by atoms with Crippen LogP contribution in [0.15, 0.2) is 12.4 Å². The normalized spacial score (nSPS) is 15.3. The highest BCUT2D eigenvalue weighted by Gasteiger charge is 2.22. The van der Waals surface area contributed by atoms with E-state index in [1.807, 2.05) is 0 Å². The molecule has 0 spiro atoms. The lowest BCUT2D eigenvalue weighted by molar-refractivity contribution is 0.0685. The molecular formula is C15H20N4O2. The second-order valence-corrected chi connectivity index (χ2v) is 5.97. The molecule has 1 saturated heterocycles. The summed E-state index contributed by atoms with van der Waals surface area (Å²) in [6.45, 7) is 6.73. The predicted molar refractivity (Wildman–Crippen MR) is 80.8 cm³/mol. The van der Waals surface area contributed by atoms with Crippen molar-refractivity contribution in [3.63, 3.8) is 0 Å². The summed E-state index contributed by atoms with van der Waals surface area (Å²) in [5, 5.41) is 10.3. The van der Waals surface area contributed by atoms with Gasteiger partial charge in [0.2, 0.25) is 0 Å². The summed E-state index contributed by atoms with van der Waals surface area (Å²) in [5.74, 6) is 0.299. The molecule has 6 heteroatoms. The quantitative estimate of drug-likeness (QED) is 0.935. The number of rotatable bonds is 4. The SMILES string of the molecule is CC(C)Cn1c(C(=O)O)cc2c(N3CCCC3)ncnc21. The molecule has 1 aliphatic heterocycles. The number of aromatic nitrogens is 3.